The lowest BCUT2D eigenvalue weighted by atomic mass is 10.2. The van der Waals surface area contributed by atoms with Crippen molar-refractivity contribution in [2.45, 2.75) is 6.54 Å². The number of rotatable bonds is 5. The smallest absolute Gasteiger partial charge is 0.127 e. The van der Waals surface area contributed by atoms with Gasteiger partial charge in [-0.05, 0) is 54.1 Å². The van der Waals surface area contributed by atoms with Crippen LogP contribution < -0.4 is 10.1 Å². The Balaban J connectivity index is 1.33. The van der Waals surface area contributed by atoms with E-state index < -0.39 is 0 Å². The third-order valence-corrected chi connectivity index (χ3v) is 4.81. The molecule has 0 aliphatic rings. The third kappa shape index (κ3) is 3.62. The predicted octanol–water partition coefficient (Wildman–Crippen LogP) is 6.26. The number of anilines is 1. The summed E-state index contributed by atoms with van der Waals surface area (Å²) >= 11 is 0. The van der Waals surface area contributed by atoms with Crippen molar-refractivity contribution < 1.29 is 9.13 Å². The minimum atomic E-state index is -0.282. The monoisotopic (exact) mass is 383 g/mol. The molecule has 0 aliphatic carbocycles. The molecule has 0 radical (unpaired) electrons. The minimum Gasteiger partial charge on any atom is -0.457 e. The Bertz CT molecular complexity index is 1290. The van der Waals surface area contributed by atoms with Crippen LogP contribution in [0.25, 0.3) is 21.8 Å². The van der Waals surface area contributed by atoms with E-state index in [1.807, 2.05) is 42.6 Å². The van der Waals surface area contributed by atoms with Crippen LogP contribution in [0.2, 0.25) is 0 Å². The maximum Gasteiger partial charge on any atom is 0.127 e. The number of para-hydroxylation sites is 1. The van der Waals surface area contributed by atoms with Gasteiger partial charge in [-0.25, -0.2) is 9.37 Å². The molecule has 5 rings (SSSR count). The van der Waals surface area contributed by atoms with Crippen LogP contribution in [0.5, 0.6) is 11.5 Å². The van der Waals surface area contributed by atoms with E-state index in [4.69, 9.17) is 4.74 Å². The number of aromatic nitrogens is 2. The Morgan fingerprint density at radius 1 is 0.828 bits per heavy atom. The Labute approximate surface area is 167 Å². The highest BCUT2D eigenvalue weighted by Gasteiger charge is 2.06. The Morgan fingerprint density at radius 2 is 1.69 bits per heavy atom. The lowest BCUT2D eigenvalue weighted by Crippen LogP contribution is -2.01. The molecule has 29 heavy (non-hydrogen) atoms. The molecule has 0 atom stereocenters. The number of pyridine rings is 1. The van der Waals surface area contributed by atoms with Crippen molar-refractivity contribution in [2.24, 2.45) is 0 Å². The van der Waals surface area contributed by atoms with E-state index >= 15 is 0 Å². The first kappa shape index (κ1) is 17.3. The molecule has 5 heteroatoms. The number of nitrogens with one attached hydrogen (secondary N) is 2. The number of fused-ring (bicyclic) bond motifs is 3. The lowest BCUT2D eigenvalue weighted by molar-refractivity contribution is 0.480. The topological polar surface area (TPSA) is 49.9 Å². The fourth-order valence-electron chi connectivity index (χ4n) is 3.40. The standard InChI is InChI=1S/C24H18FN3O/c25-17-8-10-18(11-9-17)29-19-5-3-4-16(12-19)14-26-24-13-21-20-6-1-2-7-22(20)28-23(21)15-27-24/h1-13,15,28H,14H2,(H,26,27). The molecule has 2 N–H and O–H groups in total. The summed E-state index contributed by atoms with van der Waals surface area (Å²) < 4.78 is 18.8. The summed E-state index contributed by atoms with van der Waals surface area (Å²) in [6.45, 7) is 0.613. The van der Waals surface area contributed by atoms with Crippen molar-refractivity contribution in [2.75, 3.05) is 5.32 Å². The highest BCUT2D eigenvalue weighted by molar-refractivity contribution is 6.07. The van der Waals surface area contributed by atoms with Crippen molar-refractivity contribution in [1.82, 2.24) is 9.97 Å². The number of aromatic amines is 1. The Morgan fingerprint density at radius 3 is 2.59 bits per heavy atom. The van der Waals surface area contributed by atoms with E-state index in [-0.39, 0.29) is 5.82 Å². The molecule has 0 fully saturated rings. The molecule has 0 unspecified atom stereocenters. The molecule has 2 aromatic heterocycles. The molecular formula is C24H18FN3O. The number of hydrogen-bond acceptors (Lipinski definition) is 3. The second-order valence-electron chi connectivity index (χ2n) is 6.84. The fraction of sp³-hybridized carbons (Fsp3) is 0.0417. The molecule has 0 spiro atoms. The van der Waals surface area contributed by atoms with Gasteiger partial charge in [-0.15, -0.1) is 0 Å². The summed E-state index contributed by atoms with van der Waals surface area (Å²) in [5, 5.41) is 5.70. The van der Waals surface area contributed by atoms with Crippen molar-refractivity contribution >= 4 is 27.6 Å². The van der Waals surface area contributed by atoms with Crippen molar-refractivity contribution in [1.29, 1.82) is 0 Å². The van der Waals surface area contributed by atoms with E-state index in [0.29, 0.717) is 18.0 Å². The van der Waals surface area contributed by atoms with Gasteiger partial charge in [0, 0.05) is 22.8 Å². The Kier molecular flexibility index (Phi) is 4.33. The maximum atomic E-state index is 13.0. The van der Waals surface area contributed by atoms with E-state index in [0.717, 1.165) is 27.8 Å². The average molecular weight is 383 g/mol. The highest BCUT2D eigenvalue weighted by atomic mass is 19.1. The second-order valence-corrected chi connectivity index (χ2v) is 6.84. The summed E-state index contributed by atoms with van der Waals surface area (Å²) in [6.07, 6.45) is 1.85. The number of H-pyrrole nitrogens is 1. The van der Waals surface area contributed by atoms with Crippen LogP contribution in [-0.2, 0) is 6.54 Å². The molecule has 0 saturated carbocycles. The normalized spacial score (nSPS) is 11.1. The number of benzene rings is 3. The van der Waals surface area contributed by atoms with Crippen LogP contribution >= 0.6 is 0 Å². The molecule has 142 valence electrons. The molecule has 0 bridgehead atoms. The fourth-order valence-corrected chi connectivity index (χ4v) is 3.40. The van der Waals surface area contributed by atoms with Crippen LogP contribution in [0.4, 0.5) is 10.2 Å². The molecule has 4 nitrogen and oxygen atoms in total. The number of nitrogens with zero attached hydrogens (tertiary/aromatic N) is 1. The van der Waals surface area contributed by atoms with Gasteiger partial charge in [-0.3, -0.25) is 0 Å². The first-order valence-corrected chi connectivity index (χ1v) is 9.37. The molecule has 5 aromatic rings. The van der Waals surface area contributed by atoms with Crippen LogP contribution in [0.1, 0.15) is 5.56 Å². The summed E-state index contributed by atoms with van der Waals surface area (Å²) in [4.78, 5) is 7.89. The van der Waals surface area contributed by atoms with Gasteiger partial charge in [0.2, 0.25) is 0 Å². The second kappa shape index (κ2) is 7.28. The van der Waals surface area contributed by atoms with Gasteiger partial charge in [0.05, 0.1) is 11.7 Å². The van der Waals surface area contributed by atoms with Crippen LogP contribution in [0.3, 0.4) is 0 Å². The molecule has 3 aromatic carbocycles. The molecular weight excluding hydrogens is 365 g/mol. The van der Waals surface area contributed by atoms with Crippen LogP contribution in [0, 0.1) is 5.82 Å². The van der Waals surface area contributed by atoms with E-state index in [2.05, 4.69) is 33.5 Å². The van der Waals surface area contributed by atoms with E-state index in [1.54, 1.807) is 12.1 Å². The Hall–Kier alpha value is -3.86. The number of hydrogen-bond donors (Lipinski definition) is 2. The summed E-state index contributed by atoms with van der Waals surface area (Å²) in [5.74, 6) is 1.83. The van der Waals surface area contributed by atoms with Gasteiger partial charge >= 0.3 is 0 Å². The van der Waals surface area contributed by atoms with Crippen LogP contribution in [-0.4, -0.2) is 9.97 Å². The highest BCUT2D eigenvalue weighted by Crippen LogP contribution is 2.27. The zero-order valence-corrected chi connectivity index (χ0v) is 15.5. The van der Waals surface area contributed by atoms with Gasteiger partial charge in [-0.1, -0.05) is 30.3 Å². The van der Waals surface area contributed by atoms with E-state index in [9.17, 15) is 4.39 Å². The van der Waals surface area contributed by atoms with Crippen molar-refractivity contribution in [3.05, 3.63) is 96.4 Å². The van der Waals surface area contributed by atoms with Gasteiger partial charge in [0.1, 0.15) is 23.1 Å². The summed E-state index contributed by atoms with van der Waals surface area (Å²) in [7, 11) is 0. The average Bonchev–Trinajstić information content (AvgIpc) is 3.12. The summed E-state index contributed by atoms with van der Waals surface area (Å²) in [6, 6.07) is 24.1. The molecule has 0 aliphatic heterocycles. The van der Waals surface area contributed by atoms with Gasteiger partial charge in [-0.2, -0.15) is 0 Å². The van der Waals surface area contributed by atoms with Gasteiger partial charge in [0.25, 0.3) is 0 Å². The quantitative estimate of drug-likeness (QED) is 0.377. The van der Waals surface area contributed by atoms with E-state index in [1.165, 1.54) is 17.5 Å². The molecule has 2 heterocycles. The maximum absolute atomic E-state index is 13.0. The summed E-state index contributed by atoms with van der Waals surface area (Å²) in [5.41, 5.74) is 3.18. The number of halogens is 1. The first-order valence-electron chi connectivity index (χ1n) is 9.37. The predicted molar refractivity (Wildman–Crippen MR) is 114 cm³/mol. The minimum absolute atomic E-state index is 0.282. The van der Waals surface area contributed by atoms with Crippen LogP contribution in [0.15, 0.2) is 85.1 Å². The third-order valence-electron chi connectivity index (χ3n) is 4.81. The molecule has 0 amide bonds. The lowest BCUT2D eigenvalue weighted by Gasteiger charge is -2.09. The number of ether oxygens (including phenoxy) is 1. The van der Waals surface area contributed by atoms with Crippen molar-refractivity contribution in [3.63, 3.8) is 0 Å². The zero-order chi connectivity index (χ0) is 19.6. The largest absolute Gasteiger partial charge is 0.457 e. The van der Waals surface area contributed by atoms with Crippen molar-refractivity contribution in [3.8, 4) is 11.5 Å². The SMILES string of the molecule is Fc1ccc(Oc2cccc(CNc3cc4c(cn3)[nH]c3ccccc34)c2)cc1. The van der Waals surface area contributed by atoms with Gasteiger partial charge < -0.3 is 15.0 Å². The molecule has 0 saturated heterocycles. The first-order chi connectivity index (χ1) is 14.2. The van der Waals surface area contributed by atoms with Gasteiger partial charge in [0.15, 0.2) is 0 Å². The zero-order valence-electron chi connectivity index (χ0n) is 15.5.